The van der Waals surface area contributed by atoms with Gasteiger partial charge in [0.15, 0.2) is 0 Å². The van der Waals surface area contributed by atoms with Crippen molar-refractivity contribution in [2.75, 3.05) is 4.90 Å². The number of halogens is 4. The molecule has 4 aromatic carbocycles. The van der Waals surface area contributed by atoms with Crippen LogP contribution in [-0.2, 0) is 49.4 Å². The van der Waals surface area contributed by atoms with Gasteiger partial charge in [-0.25, -0.2) is 41.2 Å². The molecule has 79 heavy (non-hydrogen) atoms. The molecule has 0 fully saturated rings. The van der Waals surface area contributed by atoms with Crippen LogP contribution in [-0.4, -0.2) is 75.4 Å². The van der Waals surface area contributed by atoms with E-state index >= 15 is 0 Å². The maximum Gasteiger partial charge on any atom is 0.326 e. The Morgan fingerprint density at radius 1 is 0.646 bits per heavy atom. The molecule has 7 rings (SSSR count). The largest absolute Gasteiger partial charge is 0.480 e. The van der Waals surface area contributed by atoms with Crippen LogP contribution in [0, 0.1) is 37.1 Å². The van der Waals surface area contributed by atoms with Crippen LogP contribution in [0.15, 0.2) is 137 Å². The number of carboxylic acids is 2. The van der Waals surface area contributed by atoms with E-state index in [0.29, 0.717) is 39.2 Å². The summed E-state index contributed by atoms with van der Waals surface area (Å²) in [5.41, 5.74) is 4.85. The highest BCUT2D eigenvalue weighted by Gasteiger charge is 2.27. The van der Waals surface area contributed by atoms with Crippen molar-refractivity contribution in [3.05, 3.63) is 227 Å². The first kappa shape index (κ1) is 60.6. The molecule has 2 amide bonds. The topological polar surface area (TPSA) is 224 Å². The summed E-state index contributed by atoms with van der Waals surface area (Å²) >= 11 is 0. The fourth-order valence-corrected chi connectivity index (χ4v) is 8.33. The first-order valence-electron chi connectivity index (χ1n) is 24.9. The standard InChI is InChI=1S/C29H30F2N4O4.C27H25F2N5O4.C2H6/c1-5-13-35(18(3)6-2)25-17-32-34(4)28(37)21(25)15-19-9-7-10-20(14-19)16-24(29(38)39)33-27(36)26-22(30)11-8-12-23(26)31;1-15-10-16(2)34(32-15)23-14-30-33(3)26(36)19(23)12-17-6-4-7-18(11-17)13-22(27(37)38)31-25(35)24-20(28)8-5-9-21(24)29;1-2/h5-14,17,24H,15-16H2,1-4H3,(H,33,36)(H,38,39);4-11,14,22H,12-13H2,1-3H3,(H,31,35)(H,37,38);1-2H3/b13-5-,18-6-;;/t24-;;/m0../s1. The molecule has 414 valence electrons. The Balaban J connectivity index is 0.000000282. The van der Waals surface area contributed by atoms with Crippen LogP contribution in [0.1, 0.15) is 100 Å². The van der Waals surface area contributed by atoms with E-state index in [1.165, 1.54) is 9.36 Å². The van der Waals surface area contributed by atoms with Gasteiger partial charge in [-0.2, -0.15) is 15.3 Å². The molecule has 1 unspecified atom stereocenters. The van der Waals surface area contributed by atoms with Crippen molar-refractivity contribution >= 4 is 29.4 Å². The zero-order valence-corrected chi connectivity index (χ0v) is 45.0. The van der Waals surface area contributed by atoms with E-state index in [-0.39, 0.29) is 36.8 Å². The van der Waals surface area contributed by atoms with E-state index in [1.54, 1.807) is 79.7 Å². The number of allylic oxidation sites excluding steroid dienone is 3. The molecule has 2 atom stereocenters. The maximum atomic E-state index is 14.0. The number of anilines is 1. The van der Waals surface area contributed by atoms with E-state index in [9.17, 15) is 56.5 Å². The minimum absolute atomic E-state index is 0.144. The van der Waals surface area contributed by atoms with Crippen LogP contribution in [0.2, 0.25) is 0 Å². The molecule has 7 aromatic rings. The van der Waals surface area contributed by atoms with Gasteiger partial charge in [-0.15, -0.1) is 0 Å². The fourth-order valence-electron chi connectivity index (χ4n) is 8.33. The molecule has 0 spiro atoms. The van der Waals surface area contributed by atoms with E-state index in [0.717, 1.165) is 59.0 Å². The first-order chi connectivity index (χ1) is 37.6. The average molecular weight is 1090 g/mol. The fraction of sp³-hybridized carbons (Fsp3) is 0.259. The quantitative estimate of drug-likeness (QED) is 0.0597. The molecule has 0 aliphatic heterocycles. The summed E-state index contributed by atoms with van der Waals surface area (Å²) in [5.74, 6) is -9.42. The number of aromatic nitrogens is 6. The number of carboxylic acid groups (broad SMARTS) is 2. The van der Waals surface area contributed by atoms with E-state index in [2.05, 4.69) is 25.9 Å². The monoisotopic (exact) mass is 1090 g/mol. The Hall–Kier alpha value is -9.27. The van der Waals surface area contributed by atoms with Gasteiger partial charge in [0.25, 0.3) is 22.9 Å². The number of rotatable bonds is 18. The second kappa shape index (κ2) is 27.7. The SMILES string of the molecule is C/C=C\N(/C(C)=C\C)c1cnn(C)c(=O)c1Cc1cccc(C[C@H](NC(=O)c2c(F)cccc2F)C(=O)O)c1.CC.Cc1cc(C)n(-c2cnn(C)c(=O)c2Cc2cccc(CC(NC(=O)c3c(F)cccc3F)C(=O)O)c2)n1. The molecule has 3 heterocycles. The smallest absolute Gasteiger partial charge is 0.326 e. The number of aliphatic carboxylic acids is 2. The van der Waals surface area contributed by atoms with Gasteiger partial charge in [0.2, 0.25) is 0 Å². The zero-order valence-electron chi connectivity index (χ0n) is 45.0. The van der Waals surface area contributed by atoms with Crippen LogP contribution in [0.3, 0.4) is 0 Å². The van der Waals surface area contributed by atoms with Crippen molar-refractivity contribution in [1.29, 1.82) is 0 Å². The summed E-state index contributed by atoms with van der Waals surface area (Å²) in [7, 11) is 3.11. The van der Waals surface area contributed by atoms with Crippen molar-refractivity contribution in [2.45, 2.75) is 86.2 Å². The third kappa shape index (κ3) is 15.2. The molecule has 0 saturated carbocycles. The van der Waals surface area contributed by atoms with Gasteiger partial charge in [0.05, 0.1) is 35.0 Å². The van der Waals surface area contributed by atoms with Crippen molar-refractivity contribution in [3.63, 3.8) is 0 Å². The van der Waals surface area contributed by atoms with Gasteiger partial charge in [0, 0.05) is 62.9 Å². The summed E-state index contributed by atoms with van der Waals surface area (Å²) in [6.45, 7) is 13.4. The molecule has 0 aliphatic carbocycles. The molecular weight excluding hydrogens is 1030 g/mol. The number of aryl methyl sites for hydroxylation is 4. The van der Waals surface area contributed by atoms with Crippen molar-refractivity contribution in [3.8, 4) is 5.69 Å². The van der Waals surface area contributed by atoms with E-state index < -0.39 is 70.2 Å². The van der Waals surface area contributed by atoms with Gasteiger partial charge >= 0.3 is 11.9 Å². The van der Waals surface area contributed by atoms with Gasteiger partial charge < -0.3 is 25.7 Å². The van der Waals surface area contributed by atoms with Crippen molar-refractivity contribution in [1.82, 2.24) is 40.0 Å². The van der Waals surface area contributed by atoms with Gasteiger partial charge in [-0.3, -0.25) is 19.2 Å². The maximum absolute atomic E-state index is 14.0. The zero-order chi connectivity index (χ0) is 58.2. The van der Waals surface area contributed by atoms with Gasteiger partial charge in [0.1, 0.15) is 46.5 Å². The number of carbonyl (C=O) groups is 4. The van der Waals surface area contributed by atoms with E-state index in [4.69, 9.17) is 0 Å². The third-order valence-corrected chi connectivity index (χ3v) is 12.2. The lowest BCUT2D eigenvalue weighted by Gasteiger charge is -2.24. The summed E-state index contributed by atoms with van der Waals surface area (Å²) in [6, 6.07) is 18.7. The Morgan fingerprint density at radius 3 is 1.48 bits per heavy atom. The number of amides is 2. The molecule has 21 heteroatoms. The van der Waals surface area contributed by atoms with Crippen LogP contribution >= 0.6 is 0 Å². The first-order valence-corrected chi connectivity index (χ1v) is 24.9. The second-order valence-electron chi connectivity index (χ2n) is 17.8. The molecular formula is C58H61F4N9O8. The molecule has 0 saturated heterocycles. The molecule has 0 aliphatic rings. The lowest BCUT2D eigenvalue weighted by atomic mass is 9.99. The lowest BCUT2D eigenvalue weighted by Crippen LogP contribution is -2.43. The van der Waals surface area contributed by atoms with Crippen LogP contribution in [0.25, 0.3) is 5.69 Å². The number of nitrogens with zero attached hydrogens (tertiary/aromatic N) is 7. The van der Waals surface area contributed by atoms with Crippen LogP contribution in [0.4, 0.5) is 23.2 Å². The van der Waals surface area contributed by atoms with Gasteiger partial charge in [-0.05, 0) is 87.2 Å². The van der Waals surface area contributed by atoms with E-state index in [1.807, 2.05) is 77.8 Å². The summed E-state index contributed by atoms with van der Waals surface area (Å²) in [5, 5.41) is 36.5. The lowest BCUT2D eigenvalue weighted by molar-refractivity contribution is -0.140. The Morgan fingerprint density at radius 2 is 1.06 bits per heavy atom. The van der Waals surface area contributed by atoms with Crippen LogP contribution in [0.5, 0.6) is 0 Å². The highest BCUT2D eigenvalue weighted by atomic mass is 19.1. The number of benzene rings is 4. The Bertz CT molecular complexity index is 3510. The number of hydrogen-bond donors (Lipinski definition) is 4. The van der Waals surface area contributed by atoms with Crippen LogP contribution < -0.4 is 26.7 Å². The Kier molecular flexibility index (Phi) is 21.2. The predicted molar refractivity (Wildman–Crippen MR) is 290 cm³/mol. The highest BCUT2D eigenvalue weighted by Crippen LogP contribution is 2.25. The molecule has 17 nitrogen and oxygen atoms in total. The summed E-state index contributed by atoms with van der Waals surface area (Å²) in [6.07, 6.45) is 8.93. The van der Waals surface area contributed by atoms with Crippen molar-refractivity contribution < 1.29 is 47.0 Å². The predicted octanol–water partition coefficient (Wildman–Crippen LogP) is 8.24. The van der Waals surface area contributed by atoms with Gasteiger partial charge in [-0.1, -0.05) is 86.7 Å². The highest BCUT2D eigenvalue weighted by molar-refractivity contribution is 5.98. The molecule has 4 N–H and O–H groups in total. The summed E-state index contributed by atoms with van der Waals surface area (Å²) in [4.78, 5) is 76.7. The molecule has 3 aromatic heterocycles. The normalized spacial score (nSPS) is 11.9. The molecule has 0 bridgehead atoms. The minimum Gasteiger partial charge on any atom is -0.480 e. The number of hydrogen-bond acceptors (Lipinski definition) is 10. The van der Waals surface area contributed by atoms with Crippen molar-refractivity contribution in [2.24, 2.45) is 14.1 Å². The average Bonchev–Trinajstić information content (AvgIpc) is 3.78. The number of nitrogens with one attached hydrogen (secondary N) is 2. The Labute approximate surface area is 453 Å². The second-order valence-corrected chi connectivity index (χ2v) is 17.8. The number of carbonyl (C=O) groups excluding carboxylic acids is 2. The third-order valence-electron chi connectivity index (χ3n) is 12.2. The summed E-state index contributed by atoms with van der Waals surface area (Å²) < 4.78 is 60.2. The minimum atomic E-state index is -1.45. The molecule has 0 radical (unpaired) electrons.